The Morgan fingerprint density at radius 3 is 3.17 bits per heavy atom. The normalized spacial score (nSPS) is 10.9. The molecule has 1 heterocycles. The lowest BCUT2D eigenvalue weighted by atomic mass is 10.2. The van der Waals surface area contributed by atoms with E-state index in [0.717, 1.165) is 17.7 Å². The Kier molecular flexibility index (Phi) is 4.25. The van der Waals surface area contributed by atoms with E-state index in [4.69, 9.17) is 17.0 Å². The number of rotatable bonds is 5. The topological polar surface area (TPSA) is 55.2 Å². The summed E-state index contributed by atoms with van der Waals surface area (Å²) in [5.74, 6) is 0.844. The number of nitrogens with one attached hydrogen (secondary N) is 1. The number of hydrogen-bond acceptors (Lipinski definition) is 4. The molecule has 18 heavy (non-hydrogen) atoms. The molecule has 0 radical (unpaired) electrons. The molecule has 0 saturated carbocycles. The smallest absolute Gasteiger partial charge is 0.216 e. The Balaban J connectivity index is 2.12. The van der Waals surface area contributed by atoms with Crippen molar-refractivity contribution in [2.45, 2.75) is 13.3 Å². The summed E-state index contributed by atoms with van der Waals surface area (Å²) in [5, 5.41) is 10.6. The van der Waals surface area contributed by atoms with Crippen LogP contribution in [0.5, 0.6) is 5.75 Å². The molecule has 0 saturated heterocycles. The summed E-state index contributed by atoms with van der Waals surface area (Å²) in [7, 11) is 0. The molecule has 5 nitrogen and oxygen atoms in total. The molecule has 0 spiro atoms. The first kappa shape index (κ1) is 12.5. The van der Waals surface area contributed by atoms with Crippen LogP contribution in [-0.2, 0) is 0 Å². The van der Waals surface area contributed by atoms with Gasteiger partial charge in [-0.25, -0.2) is 0 Å². The van der Waals surface area contributed by atoms with Crippen molar-refractivity contribution in [3.05, 3.63) is 40.9 Å². The maximum Gasteiger partial charge on any atom is 0.216 e. The second-order valence-electron chi connectivity index (χ2n) is 3.67. The average molecular weight is 262 g/mol. The van der Waals surface area contributed by atoms with Crippen molar-refractivity contribution in [1.82, 2.24) is 14.9 Å². The highest BCUT2D eigenvalue weighted by molar-refractivity contribution is 7.71. The number of aromatic nitrogens is 3. The first-order valence-electron chi connectivity index (χ1n) is 5.69. The van der Waals surface area contributed by atoms with Crippen LogP contribution in [0.1, 0.15) is 18.9 Å². The van der Waals surface area contributed by atoms with Crippen molar-refractivity contribution in [1.29, 1.82) is 0 Å². The maximum absolute atomic E-state index is 5.55. The summed E-state index contributed by atoms with van der Waals surface area (Å²) in [6.45, 7) is 2.79. The molecule has 2 rings (SSSR count). The second kappa shape index (κ2) is 6.11. The minimum atomic E-state index is 0.463. The van der Waals surface area contributed by atoms with Crippen molar-refractivity contribution >= 4 is 18.4 Å². The first-order chi connectivity index (χ1) is 8.79. The van der Waals surface area contributed by atoms with Crippen LogP contribution in [0.3, 0.4) is 0 Å². The lowest BCUT2D eigenvalue weighted by molar-refractivity contribution is 0.317. The molecule has 0 aliphatic rings. The molecule has 0 unspecified atom stereocenters. The predicted molar refractivity (Wildman–Crippen MR) is 72.6 cm³/mol. The van der Waals surface area contributed by atoms with Crippen LogP contribution in [0.25, 0.3) is 0 Å². The van der Waals surface area contributed by atoms with Gasteiger partial charge in [0.2, 0.25) is 4.77 Å². The van der Waals surface area contributed by atoms with Gasteiger partial charge in [-0.2, -0.15) is 14.9 Å². The SMILES string of the molecule is CCCOc1cccc(/C=N/n2cn[nH]c2=S)c1. The summed E-state index contributed by atoms with van der Waals surface area (Å²) in [6, 6.07) is 7.74. The molecule has 0 aliphatic heterocycles. The zero-order chi connectivity index (χ0) is 12.8. The molecule has 1 aromatic heterocycles. The number of ether oxygens (including phenoxy) is 1. The van der Waals surface area contributed by atoms with Gasteiger partial charge in [-0.05, 0) is 36.3 Å². The Bertz CT molecular complexity index is 588. The molecule has 1 N–H and O–H groups in total. The first-order valence-corrected chi connectivity index (χ1v) is 6.09. The molecular formula is C12H14N4OS. The third kappa shape index (κ3) is 3.27. The van der Waals surface area contributed by atoms with Gasteiger partial charge in [0, 0.05) is 0 Å². The highest BCUT2D eigenvalue weighted by atomic mass is 32.1. The van der Waals surface area contributed by atoms with Gasteiger partial charge in [0.15, 0.2) is 0 Å². The fourth-order valence-electron chi connectivity index (χ4n) is 1.36. The van der Waals surface area contributed by atoms with Gasteiger partial charge < -0.3 is 4.74 Å². The highest BCUT2D eigenvalue weighted by Gasteiger charge is 1.95. The van der Waals surface area contributed by atoms with Crippen molar-refractivity contribution in [2.24, 2.45) is 5.10 Å². The fraction of sp³-hybridized carbons (Fsp3) is 0.250. The van der Waals surface area contributed by atoms with Crippen LogP contribution in [0.2, 0.25) is 0 Å². The van der Waals surface area contributed by atoms with Crippen LogP contribution in [-0.4, -0.2) is 27.7 Å². The van der Waals surface area contributed by atoms with E-state index in [0.29, 0.717) is 11.4 Å². The van der Waals surface area contributed by atoms with Gasteiger partial charge in [0.05, 0.1) is 12.8 Å². The van der Waals surface area contributed by atoms with Crippen molar-refractivity contribution in [3.63, 3.8) is 0 Å². The van der Waals surface area contributed by atoms with Gasteiger partial charge in [0.1, 0.15) is 12.1 Å². The third-order valence-electron chi connectivity index (χ3n) is 2.20. The molecule has 6 heteroatoms. The van der Waals surface area contributed by atoms with E-state index >= 15 is 0 Å². The van der Waals surface area contributed by atoms with Crippen molar-refractivity contribution < 1.29 is 4.74 Å². The zero-order valence-electron chi connectivity index (χ0n) is 10.0. The monoisotopic (exact) mass is 262 g/mol. The van der Waals surface area contributed by atoms with E-state index in [1.807, 2.05) is 24.3 Å². The van der Waals surface area contributed by atoms with Crippen LogP contribution < -0.4 is 4.74 Å². The Labute approximate surface area is 110 Å². The molecule has 1 aromatic carbocycles. The lowest BCUT2D eigenvalue weighted by Crippen LogP contribution is -1.95. The predicted octanol–water partition coefficient (Wildman–Crippen LogP) is 2.61. The van der Waals surface area contributed by atoms with Crippen LogP contribution in [0.15, 0.2) is 35.7 Å². The highest BCUT2D eigenvalue weighted by Crippen LogP contribution is 2.12. The van der Waals surface area contributed by atoms with Gasteiger partial charge >= 0.3 is 0 Å². The number of hydrogen-bond donors (Lipinski definition) is 1. The van der Waals surface area contributed by atoms with E-state index in [-0.39, 0.29) is 0 Å². The van der Waals surface area contributed by atoms with E-state index < -0.39 is 0 Å². The van der Waals surface area contributed by atoms with Crippen LogP contribution in [0, 0.1) is 4.77 Å². The molecule has 2 aromatic rings. The molecule has 0 atom stereocenters. The van der Waals surface area contributed by atoms with Gasteiger partial charge in [0.25, 0.3) is 0 Å². The molecule has 0 amide bonds. The second-order valence-corrected chi connectivity index (χ2v) is 4.06. The Morgan fingerprint density at radius 2 is 2.44 bits per heavy atom. The summed E-state index contributed by atoms with van der Waals surface area (Å²) in [6.07, 6.45) is 4.23. The fourth-order valence-corrected chi connectivity index (χ4v) is 1.51. The average Bonchev–Trinajstić information content (AvgIpc) is 2.80. The number of nitrogens with zero attached hydrogens (tertiary/aromatic N) is 3. The van der Waals surface area contributed by atoms with E-state index in [1.54, 1.807) is 6.21 Å². The quantitative estimate of drug-likeness (QED) is 0.665. The molecular weight excluding hydrogens is 248 g/mol. The van der Waals surface area contributed by atoms with E-state index in [2.05, 4.69) is 22.2 Å². The minimum Gasteiger partial charge on any atom is -0.494 e. The number of H-pyrrole nitrogens is 1. The zero-order valence-corrected chi connectivity index (χ0v) is 10.9. The number of benzene rings is 1. The third-order valence-corrected chi connectivity index (χ3v) is 2.48. The van der Waals surface area contributed by atoms with E-state index in [1.165, 1.54) is 11.0 Å². The largest absolute Gasteiger partial charge is 0.494 e. The Morgan fingerprint density at radius 1 is 1.56 bits per heavy atom. The summed E-state index contributed by atoms with van der Waals surface area (Å²) in [4.78, 5) is 0. The van der Waals surface area contributed by atoms with Crippen LogP contribution in [0.4, 0.5) is 0 Å². The number of aromatic amines is 1. The van der Waals surface area contributed by atoms with Crippen molar-refractivity contribution in [3.8, 4) is 5.75 Å². The summed E-state index contributed by atoms with van der Waals surface area (Å²) < 4.78 is 7.51. The Hall–Kier alpha value is -1.95. The van der Waals surface area contributed by atoms with Crippen molar-refractivity contribution in [2.75, 3.05) is 6.61 Å². The summed E-state index contributed by atoms with van der Waals surface area (Å²) in [5.41, 5.74) is 0.951. The molecule has 0 bridgehead atoms. The van der Waals surface area contributed by atoms with Crippen LogP contribution >= 0.6 is 12.2 Å². The molecule has 94 valence electrons. The van der Waals surface area contributed by atoms with E-state index in [9.17, 15) is 0 Å². The standard InChI is InChI=1S/C12H14N4OS/c1-2-6-17-11-5-3-4-10(7-11)8-14-16-9-13-15-12(16)18/h3-5,7-9H,2,6H2,1H3,(H,15,18)/b14-8+. The van der Waals surface area contributed by atoms with Gasteiger partial charge in [-0.1, -0.05) is 19.1 Å². The lowest BCUT2D eigenvalue weighted by Gasteiger charge is -2.04. The van der Waals surface area contributed by atoms with Gasteiger partial charge in [-0.3, -0.25) is 5.10 Å². The molecule has 0 aliphatic carbocycles. The minimum absolute atomic E-state index is 0.463. The van der Waals surface area contributed by atoms with Gasteiger partial charge in [-0.15, -0.1) is 0 Å². The molecule has 0 fully saturated rings. The summed E-state index contributed by atoms with van der Waals surface area (Å²) >= 11 is 4.99. The maximum atomic E-state index is 5.55.